The van der Waals surface area contributed by atoms with E-state index in [0.717, 1.165) is 48.0 Å². The summed E-state index contributed by atoms with van der Waals surface area (Å²) in [5.74, 6) is -0.326. The van der Waals surface area contributed by atoms with Crippen LogP contribution in [-0.4, -0.2) is 31.9 Å². The zero-order chi connectivity index (χ0) is 21.2. The molecule has 0 bridgehead atoms. The Balaban J connectivity index is 1.41. The zero-order valence-corrected chi connectivity index (χ0v) is 18.8. The molecule has 1 aliphatic heterocycles. The summed E-state index contributed by atoms with van der Waals surface area (Å²) in [6, 6.07) is 12.3. The van der Waals surface area contributed by atoms with E-state index in [-0.39, 0.29) is 5.76 Å². The van der Waals surface area contributed by atoms with Crippen LogP contribution < -0.4 is 10.5 Å². The number of aromatic nitrogens is 3. The van der Waals surface area contributed by atoms with Crippen LogP contribution in [0.5, 0.6) is 0 Å². The smallest absolute Gasteiger partial charge is 0.408 e. The molecule has 2 aromatic heterocycles. The van der Waals surface area contributed by atoms with Crippen LogP contribution in [0.2, 0.25) is 0 Å². The molecule has 3 heterocycles. The van der Waals surface area contributed by atoms with E-state index in [4.69, 9.17) is 4.42 Å². The minimum atomic E-state index is -0.326. The van der Waals surface area contributed by atoms with E-state index in [0.29, 0.717) is 12.1 Å². The highest BCUT2D eigenvalue weighted by molar-refractivity contribution is 8.00. The number of hydrogen-bond acceptors (Lipinski definition) is 8. The van der Waals surface area contributed by atoms with Crippen molar-refractivity contribution < 1.29 is 4.42 Å². The van der Waals surface area contributed by atoms with Gasteiger partial charge in [0.15, 0.2) is 5.58 Å². The summed E-state index contributed by atoms with van der Waals surface area (Å²) in [6.45, 7) is 5.89. The summed E-state index contributed by atoms with van der Waals surface area (Å²) in [7, 11) is 0. The molecule has 4 aromatic rings. The molecule has 7 nitrogen and oxygen atoms in total. The van der Waals surface area contributed by atoms with Gasteiger partial charge < -0.3 is 9.14 Å². The molecule has 0 atom stereocenters. The Morgan fingerprint density at radius 3 is 3.06 bits per heavy atom. The molecule has 0 unspecified atom stereocenters. The topological polar surface area (TPSA) is 76.2 Å². The average molecular weight is 454 g/mol. The van der Waals surface area contributed by atoms with Crippen molar-refractivity contribution in [1.29, 1.82) is 0 Å². The van der Waals surface area contributed by atoms with E-state index >= 15 is 0 Å². The highest BCUT2D eigenvalue weighted by atomic mass is 32.2. The first kappa shape index (κ1) is 20.3. The summed E-state index contributed by atoms with van der Waals surface area (Å²) in [6.07, 6.45) is 3.73. The second-order valence-electron chi connectivity index (χ2n) is 7.62. The first-order chi connectivity index (χ1) is 15.2. The van der Waals surface area contributed by atoms with Gasteiger partial charge in [0, 0.05) is 29.5 Å². The van der Waals surface area contributed by atoms with Crippen molar-refractivity contribution in [2.24, 2.45) is 0 Å². The van der Waals surface area contributed by atoms with Crippen molar-refractivity contribution in [1.82, 2.24) is 18.8 Å². The van der Waals surface area contributed by atoms with Crippen LogP contribution in [0.1, 0.15) is 30.0 Å². The second kappa shape index (κ2) is 8.86. The summed E-state index contributed by atoms with van der Waals surface area (Å²) < 4.78 is 14.4. The number of nitrogens with zero attached hydrogens (tertiary/aromatic N) is 4. The number of rotatable bonds is 7. The van der Waals surface area contributed by atoms with Crippen LogP contribution in [0.3, 0.4) is 0 Å². The lowest BCUT2D eigenvalue weighted by Gasteiger charge is -2.30. The van der Waals surface area contributed by atoms with Gasteiger partial charge in [0.2, 0.25) is 5.13 Å². The lowest BCUT2D eigenvalue weighted by atomic mass is 9.94. The molecule has 0 amide bonds. The van der Waals surface area contributed by atoms with E-state index in [1.165, 1.54) is 46.5 Å². The number of fused-ring (bicyclic) bond motifs is 2. The van der Waals surface area contributed by atoms with Crippen molar-refractivity contribution in [2.45, 2.75) is 37.8 Å². The average Bonchev–Trinajstić information content (AvgIpc) is 3.40. The number of benzene rings is 2. The van der Waals surface area contributed by atoms with Crippen molar-refractivity contribution in [3.8, 4) is 0 Å². The SMILES string of the molecule is CCCN1CCc2cccc(Cn3c(=O)oc4cc(SNc5ncns5)ccc43)c2C1. The third-order valence-corrected chi connectivity index (χ3v) is 7.07. The molecule has 0 spiro atoms. The second-order valence-corrected chi connectivity index (χ2v) is 9.27. The standard InChI is InChI=1S/C22H23N5O2S2/c1-2-9-26-10-8-15-4-3-5-16(18(15)13-26)12-27-19-7-6-17(11-20(19)29-22(27)28)30-25-21-23-14-24-31-21/h3-7,11,14H,2,8-10,12-13H2,1H3,(H,23,24,25). The number of oxazole rings is 1. The van der Waals surface area contributed by atoms with Gasteiger partial charge in [-0.05, 0) is 66.2 Å². The van der Waals surface area contributed by atoms with E-state index in [1.54, 1.807) is 4.57 Å². The van der Waals surface area contributed by atoms with E-state index in [1.807, 2.05) is 18.2 Å². The van der Waals surface area contributed by atoms with E-state index in [9.17, 15) is 4.79 Å². The molecule has 9 heteroatoms. The summed E-state index contributed by atoms with van der Waals surface area (Å²) in [4.78, 5) is 20.2. The van der Waals surface area contributed by atoms with Gasteiger partial charge in [-0.2, -0.15) is 4.37 Å². The van der Waals surface area contributed by atoms with Gasteiger partial charge in [0.1, 0.15) is 6.33 Å². The fraction of sp³-hybridized carbons (Fsp3) is 0.318. The predicted molar refractivity (Wildman–Crippen MR) is 125 cm³/mol. The maximum Gasteiger partial charge on any atom is 0.420 e. The lowest BCUT2D eigenvalue weighted by Crippen LogP contribution is -2.32. The van der Waals surface area contributed by atoms with Gasteiger partial charge in [-0.15, -0.1) is 0 Å². The normalized spacial score (nSPS) is 14.1. The van der Waals surface area contributed by atoms with Crippen molar-refractivity contribution in [3.63, 3.8) is 0 Å². The zero-order valence-electron chi connectivity index (χ0n) is 17.2. The van der Waals surface area contributed by atoms with Gasteiger partial charge in [-0.25, -0.2) is 9.78 Å². The molecule has 0 saturated carbocycles. The Bertz CT molecular complexity index is 1250. The van der Waals surface area contributed by atoms with E-state index in [2.05, 4.69) is 44.1 Å². The maximum absolute atomic E-state index is 12.7. The third kappa shape index (κ3) is 4.26. The van der Waals surface area contributed by atoms with Crippen molar-refractivity contribution in [2.75, 3.05) is 17.8 Å². The molecule has 31 heavy (non-hydrogen) atoms. The third-order valence-electron chi connectivity index (χ3n) is 5.57. The first-order valence-electron chi connectivity index (χ1n) is 10.4. The molecular weight excluding hydrogens is 430 g/mol. The van der Waals surface area contributed by atoms with Crippen LogP contribution in [0, 0.1) is 0 Å². The molecule has 5 rings (SSSR count). The monoisotopic (exact) mass is 453 g/mol. The van der Waals surface area contributed by atoms with Gasteiger partial charge in [-0.3, -0.25) is 9.47 Å². The van der Waals surface area contributed by atoms with Crippen LogP contribution in [-0.2, 0) is 19.5 Å². The number of hydrogen-bond donors (Lipinski definition) is 1. The fourth-order valence-electron chi connectivity index (χ4n) is 4.11. The molecule has 1 N–H and O–H groups in total. The Labute approximate surface area is 188 Å². The maximum atomic E-state index is 12.7. The predicted octanol–water partition coefficient (Wildman–Crippen LogP) is 4.38. The largest absolute Gasteiger partial charge is 0.420 e. The fourth-order valence-corrected chi connectivity index (χ4v) is 5.23. The van der Waals surface area contributed by atoms with Gasteiger partial charge in [0.05, 0.1) is 12.1 Å². The molecule has 1 aliphatic rings. The quantitative estimate of drug-likeness (QED) is 0.416. The molecule has 0 saturated heterocycles. The van der Waals surface area contributed by atoms with Crippen LogP contribution in [0.15, 0.2) is 56.8 Å². The number of nitrogens with one attached hydrogen (secondary N) is 1. The first-order valence-corrected chi connectivity index (χ1v) is 11.9. The molecule has 2 aromatic carbocycles. The Hall–Kier alpha value is -2.62. The highest BCUT2D eigenvalue weighted by Gasteiger charge is 2.20. The van der Waals surface area contributed by atoms with Gasteiger partial charge in [-0.1, -0.05) is 25.1 Å². The summed E-state index contributed by atoms with van der Waals surface area (Å²) in [5.41, 5.74) is 5.35. The molecule has 0 fully saturated rings. The van der Waals surface area contributed by atoms with Gasteiger partial charge >= 0.3 is 5.76 Å². The highest BCUT2D eigenvalue weighted by Crippen LogP contribution is 2.27. The van der Waals surface area contributed by atoms with Crippen LogP contribution >= 0.6 is 23.5 Å². The van der Waals surface area contributed by atoms with Crippen molar-refractivity contribution >= 4 is 39.7 Å². The van der Waals surface area contributed by atoms with Gasteiger partial charge in [0.25, 0.3) is 0 Å². The minimum Gasteiger partial charge on any atom is -0.408 e. The van der Waals surface area contributed by atoms with Crippen molar-refractivity contribution in [3.05, 3.63) is 70.0 Å². The molecular formula is C22H23N5O2S2. The summed E-state index contributed by atoms with van der Waals surface area (Å²) >= 11 is 2.71. The van der Waals surface area contributed by atoms with Crippen LogP contribution in [0.4, 0.5) is 5.13 Å². The minimum absolute atomic E-state index is 0.326. The molecule has 0 aliphatic carbocycles. The molecule has 0 radical (unpaired) electrons. The van der Waals surface area contributed by atoms with Crippen LogP contribution in [0.25, 0.3) is 11.1 Å². The number of anilines is 1. The van der Waals surface area contributed by atoms with E-state index < -0.39 is 0 Å². The Kier molecular flexibility index (Phi) is 5.80. The molecule has 160 valence electrons. The Morgan fingerprint density at radius 1 is 1.29 bits per heavy atom. The summed E-state index contributed by atoms with van der Waals surface area (Å²) in [5, 5.41) is 0.732. The lowest BCUT2D eigenvalue weighted by molar-refractivity contribution is 0.253. The Morgan fingerprint density at radius 2 is 2.23 bits per heavy atom.